The molecule has 0 aromatic heterocycles. The Balaban J connectivity index is 1.67. The Morgan fingerprint density at radius 1 is 1.12 bits per heavy atom. The van der Waals surface area contributed by atoms with Crippen LogP contribution in [0.2, 0.25) is 0 Å². The number of ether oxygens (including phenoxy) is 1. The van der Waals surface area contributed by atoms with Gasteiger partial charge in [-0.3, -0.25) is 0 Å². The lowest BCUT2D eigenvalue weighted by atomic mass is 9.87. The van der Waals surface area contributed by atoms with Crippen molar-refractivity contribution in [2.75, 3.05) is 6.61 Å². The second-order valence-electron chi connectivity index (χ2n) is 4.69. The minimum absolute atomic E-state index is 0.745. The van der Waals surface area contributed by atoms with E-state index in [0.29, 0.717) is 0 Å². The smallest absolute Gasteiger partial charge is 0.0717 e. The summed E-state index contributed by atoms with van der Waals surface area (Å²) in [6, 6.07) is 10.4. The van der Waals surface area contributed by atoms with E-state index in [4.69, 9.17) is 4.74 Å². The van der Waals surface area contributed by atoms with Gasteiger partial charge in [0.1, 0.15) is 0 Å². The Morgan fingerprint density at radius 2 is 1.81 bits per heavy atom. The fraction of sp³-hybridized carbons (Fsp3) is 0.467. The number of benzene rings is 1. The number of allylic oxidation sites excluding steroid dienone is 1. The standard InChI is InChI=1S/C15H20O/c1-13-7-9-15(10-8-13)12-16-11-14-5-3-2-4-6-14/h2-6,15H,1,7-12H2. The van der Waals surface area contributed by atoms with Crippen molar-refractivity contribution in [2.24, 2.45) is 5.92 Å². The predicted molar refractivity (Wildman–Crippen MR) is 67.2 cm³/mol. The van der Waals surface area contributed by atoms with Crippen LogP contribution >= 0.6 is 0 Å². The molecule has 1 aliphatic rings. The Labute approximate surface area is 98.1 Å². The van der Waals surface area contributed by atoms with Crippen LogP contribution in [0.25, 0.3) is 0 Å². The number of rotatable bonds is 4. The SMILES string of the molecule is C=C1CCC(COCc2ccccc2)CC1. The summed E-state index contributed by atoms with van der Waals surface area (Å²) in [5, 5.41) is 0. The third-order valence-electron chi connectivity index (χ3n) is 3.28. The molecule has 0 unspecified atom stereocenters. The van der Waals surface area contributed by atoms with E-state index in [1.807, 2.05) is 6.07 Å². The van der Waals surface area contributed by atoms with Crippen molar-refractivity contribution in [2.45, 2.75) is 32.3 Å². The molecule has 0 spiro atoms. The van der Waals surface area contributed by atoms with Gasteiger partial charge < -0.3 is 4.74 Å². The summed E-state index contributed by atoms with van der Waals surface area (Å²) in [5.74, 6) is 0.745. The molecular weight excluding hydrogens is 196 g/mol. The van der Waals surface area contributed by atoms with Gasteiger partial charge in [-0.1, -0.05) is 42.5 Å². The first-order chi connectivity index (χ1) is 7.84. The van der Waals surface area contributed by atoms with E-state index in [2.05, 4.69) is 30.8 Å². The molecular formula is C15H20O. The average molecular weight is 216 g/mol. The first-order valence-corrected chi connectivity index (χ1v) is 6.13. The van der Waals surface area contributed by atoms with Crippen LogP contribution in [0.4, 0.5) is 0 Å². The molecule has 1 saturated carbocycles. The van der Waals surface area contributed by atoms with Gasteiger partial charge in [-0.25, -0.2) is 0 Å². The second-order valence-corrected chi connectivity index (χ2v) is 4.69. The first kappa shape index (κ1) is 11.4. The topological polar surface area (TPSA) is 9.23 Å². The summed E-state index contributed by atoms with van der Waals surface area (Å²) in [5.41, 5.74) is 2.68. The lowest BCUT2D eigenvalue weighted by Crippen LogP contribution is -2.14. The van der Waals surface area contributed by atoms with Gasteiger partial charge in [0.2, 0.25) is 0 Å². The highest BCUT2D eigenvalue weighted by atomic mass is 16.5. The van der Waals surface area contributed by atoms with Crippen molar-refractivity contribution < 1.29 is 4.74 Å². The van der Waals surface area contributed by atoms with E-state index in [9.17, 15) is 0 Å². The summed E-state index contributed by atoms with van der Waals surface area (Å²) < 4.78 is 5.76. The maximum absolute atomic E-state index is 5.76. The van der Waals surface area contributed by atoms with Crippen LogP contribution in [0.5, 0.6) is 0 Å². The zero-order valence-electron chi connectivity index (χ0n) is 9.82. The van der Waals surface area contributed by atoms with Crippen molar-refractivity contribution in [3.8, 4) is 0 Å². The number of hydrogen-bond acceptors (Lipinski definition) is 1. The van der Waals surface area contributed by atoms with E-state index in [0.717, 1.165) is 19.1 Å². The molecule has 0 bridgehead atoms. The monoisotopic (exact) mass is 216 g/mol. The highest BCUT2D eigenvalue weighted by Crippen LogP contribution is 2.27. The predicted octanol–water partition coefficient (Wildman–Crippen LogP) is 3.95. The molecule has 2 rings (SSSR count). The van der Waals surface area contributed by atoms with Crippen molar-refractivity contribution in [1.82, 2.24) is 0 Å². The molecule has 0 heterocycles. The minimum atomic E-state index is 0.745. The Bertz CT molecular complexity index is 319. The summed E-state index contributed by atoms with van der Waals surface area (Å²) in [6.45, 7) is 5.69. The molecule has 1 aromatic rings. The van der Waals surface area contributed by atoms with Crippen molar-refractivity contribution in [3.63, 3.8) is 0 Å². The molecule has 16 heavy (non-hydrogen) atoms. The van der Waals surface area contributed by atoms with E-state index in [-0.39, 0.29) is 0 Å². The van der Waals surface area contributed by atoms with E-state index in [1.165, 1.54) is 36.8 Å². The van der Waals surface area contributed by atoms with E-state index < -0.39 is 0 Å². The molecule has 0 aliphatic heterocycles. The fourth-order valence-corrected chi connectivity index (χ4v) is 2.17. The van der Waals surface area contributed by atoms with Gasteiger partial charge in [0, 0.05) is 6.61 Å². The summed E-state index contributed by atoms with van der Waals surface area (Å²) in [7, 11) is 0. The van der Waals surface area contributed by atoms with Gasteiger partial charge in [-0.2, -0.15) is 0 Å². The Kier molecular flexibility index (Phi) is 4.17. The summed E-state index contributed by atoms with van der Waals surface area (Å²) >= 11 is 0. The quantitative estimate of drug-likeness (QED) is 0.692. The average Bonchev–Trinajstić information content (AvgIpc) is 2.33. The van der Waals surface area contributed by atoms with Gasteiger partial charge >= 0.3 is 0 Å². The molecule has 1 aliphatic carbocycles. The molecule has 1 aromatic carbocycles. The molecule has 0 N–H and O–H groups in total. The maximum Gasteiger partial charge on any atom is 0.0717 e. The molecule has 0 saturated heterocycles. The highest BCUT2D eigenvalue weighted by Gasteiger charge is 2.15. The lowest BCUT2D eigenvalue weighted by molar-refractivity contribution is 0.0780. The third kappa shape index (κ3) is 3.49. The van der Waals surface area contributed by atoms with Crippen LogP contribution in [0.3, 0.4) is 0 Å². The fourth-order valence-electron chi connectivity index (χ4n) is 2.17. The van der Waals surface area contributed by atoms with Crippen LogP contribution in [-0.2, 0) is 11.3 Å². The third-order valence-corrected chi connectivity index (χ3v) is 3.28. The normalized spacial score (nSPS) is 17.6. The molecule has 86 valence electrons. The zero-order chi connectivity index (χ0) is 11.2. The molecule has 1 heteroatoms. The van der Waals surface area contributed by atoms with Crippen LogP contribution < -0.4 is 0 Å². The first-order valence-electron chi connectivity index (χ1n) is 6.13. The summed E-state index contributed by atoms with van der Waals surface area (Å²) in [4.78, 5) is 0. The minimum Gasteiger partial charge on any atom is -0.376 e. The van der Waals surface area contributed by atoms with Crippen molar-refractivity contribution in [1.29, 1.82) is 0 Å². The molecule has 0 atom stereocenters. The Morgan fingerprint density at radius 3 is 2.50 bits per heavy atom. The van der Waals surface area contributed by atoms with E-state index >= 15 is 0 Å². The van der Waals surface area contributed by atoms with E-state index in [1.54, 1.807) is 0 Å². The van der Waals surface area contributed by atoms with Gasteiger partial charge in [0.05, 0.1) is 6.61 Å². The van der Waals surface area contributed by atoms with Crippen molar-refractivity contribution in [3.05, 3.63) is 48.0 Å². The van der Waals surface area contributed by atoms with Crippen LogP contribution in [-0.4, -0.2) is 6.61 Å². The second kappa shape index (κ2) is 5.86. The van der Waals surface area contributed by atoms with Gasteiger partial charge in [0.25, 0.3) is 0 Å². The van der Waals surface area contributed by atoms with Gasteiger partial charge in [-0.15, -0.1) is 0 Å². The summed E-state index contributed by atoms with van der Waals surface area (Å²) in [6.07, 6.45) is 4.90. The Hall–Kier alpha value is -1.08. The molecule has 0 radical (unpaired) electrons. The van der Waals surface area contributed by atoms with Crippen LogP contribution in [0.1, 0.15) is 31.2 Å². The van der Waals surface area contributed by atoms with Crippen LogP contribution in [0.15, 0.2) is 42.5 Å². The largest absolute Gasteiger partial charge is 0.376 e. The number of hydrogen-bond donors (Lipinski definition) is 0. The molecule has 0 amide bonds. The molecule has 1 nitrogen and oxygen atoms in total. The lowest BCUT2D eigenvalue weighted by Gasteiger charge is -2.23. The van der Waals surface area contributed by atoms with Gasteiger partial charge in [0.15, 0.2) is 0 Å². The zero-order valence-corrected chi connectivity index (χ0v) is 9.82. The van der Waals surface area contributed by atoms with Crippen LogP contribution in [0, 0.1) is 5.92 Å². The highest BCUT2D eigenvalue weighted by molar-refractivity contribution is 5.13. The van der Waals surface area contributed by atoms with Crippen molar-refractivity contribution >= 4 is 0 Å². The maximum atomic E-state index is 5.76. The van der Waals surface area contributed by atoms with Gasteiger partial charge in [-0.05, 0) is 37.2 Å². The molecule has 1 fully saturated rings.